The highest BCUT2D eigenvalue weighted by Crippen LogP contribution is 2.24. The molecule has 1 fully saturated rings. The molecule has 0 unspecified atom stereocenters. The van der Waals surface area contributed by atoms with Gasteiger partial charge in [0.25, 0.3) is 0 Å². The zero-order chi connectivity index (χ0) is 16.3. The van der Waals surface area contributed by atoms with E-state index in [2.05, 4.69) is 4.74 Å². The molecule has 122 valence electrons. The van der Waals surface area contributed by atoms with E-state index in [4.69, 9.17) is 4.74 Å². The summed E-state index contributed by atoms with van der Waals surface area (Å²) < 4.78 is 35.3. The molecule has 21 heavy (non-hydrogen) atoms. The van der Waals surface area contributed by atoms with Gasteiger partial charge in [0.05, 0.1) is 19.3 Å². The van der Waals surface area contributed by atoms with Crippen molar-refractivity contribution in [3.05, 3.63) is 0 Å². The maximum atomic E-state index is 12.2. The standard InChI is InChI=1S/C13H23NO6S/c1-13(2,3)20-12(16)10-6-5-8-14(10)21(17,18)9-7-11(15)19-4/h10H,5-9H2,1-4H3/t10-/m1/s1. The molecule has 1 saturated heterocycles. The summed E-state index contributed by atoms with van der Waals surface area (Å²) in [7, 11) is -2.48. The van der Waals surface area contributed by atoms with Gasteiger partial charge in [0.2, 0.25) is 10.0 Å². The molecule has 0 saturated carbocycles. The highest BCUT2D eigenvalue weighted by molar-refractivity contribution is 7.89. The largest absolute Gasteiger partial charge is 0.469 e. The van der Waals surface area contributed by atoms with Crippen molar-refractivity contribution in [3.63, 3.8) is 0 Å². The average molecular weight is 321 g/mol. The molecule has 8 heteroatoms. The average Bonchev–Trinajstić information content (AvgIpc) is 2.84. The maximum absolute atomic E-state index is 12.2. The van der Waals surface area contributed by atoms with Crippen LogP contribution in [0.25, 0.3) is 0 Å². The van der Waals surface area contributed by atoms with E-state index in [1.165, 1.54) is 7.11 Å². The molecule has 0 radical (unpaired) electrons. The van der Waals surface area contributed by atoms with Crippen LogP contribution < -0.4 is 0 Å². The lowest BCUT2D eigenvalue weighted by Gasteiger charge is -2.26. The molecule has 0 aromatic carbocycles. The molecule has 1 aliphatic heterocycles. The Morgan fingerprint density at radius 1 is 1.29 bits per heavy atom. The summed E-state index contributed by atoms with van der Waals surface area (Å²) >= 11 is 0. The number of carbonyl (C=O) groups is 2. The van der Waals surface area contributed by atoms with Crippen LogP contribution in [0.3, 0.4) is 0 Å². The van der Waals surface area contributed by atoms with Crippen LogP contribution in [0.5, 0.6) is 0 Å². The number of hydrogen-bond acceptors (Lipinski definition) is 6. The minimum Gasteiger partial charge on any atom is -0.469 e. The van der Waals surface area contributed by atoms with Crippen molar-refractivity contribution < 1.29 is 27.5 Å². The Hall–Kier alpha value is -1.15. The quantitative estimate of drug-likeness (QED) is 0.692. The zero-order valence-corrected chi connectivity index (χ0v) is 13.7. The second-order valence-electron chi connectivity index (χ2n) is 5.94. The van der Waals surface area contributed by atoms with Gasteiger partial charge in [-0.3, -0.25) is 9.59 Å². The topological polar surface area (TPSA) is 90.0 Å². The normalized spacial score (nSPS) is 20.3. The number of hydrogen-bond donors (Lipinski definition) is 0. The van der Waals surface area contributed by atoms with Crippen molar-refractivity contribution in [1.82, 2.24) is 4.31 Å². The van der Waals surface area contributed by atoms with Gasteiger partial charge in [-0.25, -0.2) is 8.42 Å². The predicted molar refractivity (Wildman–Crippen MR) is 76.0 cm³/mol. The monoisotopic (exact) mass is 321 g/mol. The van der Waals surface area contributed by atoms with E-state index >= 15 is 0 Å². The number of rotatable bonds is 5. The van der Waals surface area contributed by atoms with E-state index in [0.717, 1.165) is 4.31 Å². The van der Waals surface area contributed by atoms with Crippen LogP contribution in [-0.4, -0.2) is 55.7 Å². The summed E-state index contributed by atoms with van der Waals surface area (Å²) in [5.41, 5.74) is -0.666. The fraction of sp³-hybridized carbons (Fsp3) is 0.846. The van der Waals surface area contributed by atoms with Crippen molar-refractivity contribution in [2.45, 2.75) is 51.7 Å². The summed E-state index contributed by atoms with van der Waals surface area (Å²) in [4.78, 5) is 23.2. The van der Waals surface area contributed by atoms with Gasteiger partial charge in [-0.15, -0.1) is 0 Å². The van der Waals surface area contributed by atoms with Crippen molar-refractivity contribution in [3.8, 4) is 0 Å². The lowest BCUT2D eigenvalue weighted by atomic mass is 10.2. The van der Waals surface area contributed by atoms with E-state index < -0.39 is 33.6 Å². The van der Waals surface area contributed by atoms with Crippen LogP contribution in [0.15, 0.2) is 0 Å². The molecule has 1 atom stereocenters. The molecule has 0 aliphatic carbocycles. The first kappa shape index (κ1) is 17.9. The molecule has 7 nitrogen and oxygen atoms in total. The third kappa shape index (κ3) is 5.28. The highest BCUT2D eigenvalue weighted by Gasteiger charge is 2.40. The molecule has 0 N–H and O–H groups in total. The molecule has 1 aliphatic rings. The van der Waals surface area contributed by atoms with Gasteiger partial charge in [0, 0.05) is 6.54 Å². The van der Waals surface area contributed by atoms with Crippen LogP contribution in [-0.2, 0) is 29.1 Å². The molecular formula is C13H23NO6S. The molecule has 0 aromatic rings. The van der Waals surface area contributed by atoms with Gasteiger partial charge in [-0.1, -0.05) is 0 Å². The van der Waals surface area contributed by atoms with Crippen molar-refractivity contribution in [2.75, 3.05) is 19.4 Å². The van der Waals surface area contributed by atoms with E-state index in [1.54, 1.807) is 20.8 Å². The maximum Gasteiger partial charge on any atom is 0.324 e. The van der Waals surface area contributed by atoms with Crippen LogP contribution in [0, 0.1) is 0 Å². The fourth-order valence-electron chi connectivity index (χ4n) is 2.11. The Balaban J connectivity index is 2.76. The SMILES string of the molecule is COC(=O)CCS(=O)(=O)N1CCC[C@@H]1C(=O)OC(C)(C)C. The summed E-state index contributed by atoms with van der Waals surface area (Å²) in [5.74, 6) is -1.49. The summed E-state index contributed by atoms with van der Waals surface area (Å²) in [6, 6.07) is -0.799. The number of ether oxygens (including phenoxy) is 2. The number of esters is 2. The molecule has 0 aromatic heterocycles. The highest BCUT2D eigenvalue weighted by atomic mass is 32.2. The fourth-order valence-corrected chi connectivity index (χ4v) is 3.76. The summed E-state index contributed by atoms with van der Waals surface area (Å²) in [6.07, 6.45) is 0.810. The van der Waals surface area contributed by atoms with Crippen LogP contribution in [0.4, 0.5) is 0 Å². The predicted octanol–water partition coefficient (Wildman–Crippen LogP) is 0.685. The molecule has 0 amide bonds. The van der Waals surface area contributed by atoms with Crippen molar-refractivity contribution >= 4 is 22.0 Å². The van der Waals surface area contributed by atoms with E-state index in [9.17, 15) is 18.0 Å². The summed E-state index contributed by atoms with van der Waals surface area (Å²) in [6.45, 7) is 5.47. The number of carbonyl (C=O) groups excluding carboxylic acids is 2. The Bertz CT molecular complexity index is 493. The number of nitrogens with zero attached hydrogens (tertiary/aromatic N) is 1. The summed E-state index contributed by atoms with van der Waals surface area (Å²) in [5, 5.41) is 0. The van der Waals surface area contributed by atoms with E-state index in [1.807, 2.05) is 0 Å². The lowest BCUT2D eigenvalue weighted by molar-refractivity contribution is -0.158. The van der Waals surface area contributed by atoms with Gasteiger partial charge in [-0.05, 0) is 33.6 Å². The van der Waals surface area contributed by atoms with Crippen molar-refractivity contribution in [1.29, 1.82) is 0 Å². The first-order valence-corrected chi connectivity index (χ1v) is 8.47. The second kappa shape index (κ2) is 6.74. The van der Waals surface area contributed by atoms with Gasteiger partial charge >= 0.3 is 11.9 Å². The molecule has 1 heterocycles. The Morgan fingerprint density at radius 3 is 2.43 bits per heavy atom. The molecule has 1 rings (SSSR count). The van der Waals surface area contributed by atoms with Crippen molar-refractivity contribution in [2.24, 2.45) is 0 Å². The first-order chi connectivity index (χ1) is 9.57. The zero-order valence-electron chi connectivity index (χ0n) is 12.9. The van der Waals surface area contributed by atoms with Gasteiger partial charge in [-0.2, -0.15) is 4.31 Å². The van der Waals surface area contributed by atoms with Crippen LogP contribution >= 0.6 is 0 Å². The third-order valence-corrected chi connectivity index (χ3v) is 4.90. The molecular weight excluding hydrogens is 298 g/mol. The van der Waals surface area contributed by atoms with Gasteiger partial charge in [0.1, 0.15) is 11.6 Å². The Kier molecular flexibility index (Phi) is 5.75. The van der Waals surface area contributed by atoms with Crippen LogP contribution in [0.1, 0.15) is 40.0 Å². The minimum absolute atomic E-state index is 0.226. The molecule has 0 spiro atoms. The smallest absolute Gasteiger partial charge is 0.324 e. The Labute approximate surface area is 125 Å². The van der Waals surface area contributed by atoms with E-state index in [-0.39, 0.29) is 18.7 Å². The minimum atomic E-state index is -3.68. The third-order valence-electron chi connectivity index (χ3n) is 3.03. The van der Waals surface area contributed by atoms with Gasteiger partial charge < -0.3 is 9.47 Å². The molecule has 0 bridgehead atoms. The second-order valence-corrected chi connectivity index (χ2v) is 7.99. The lowest BCUT2D eigenvalue weighted by Crippen LogP contribution is -2.44. The first-order valence-electron chi connectivity index (χ1n) is 6.86. The van der Waals surface area contributed by atoms with Gasteiger partial charge in [0.15, 0.2) is 0 Å². The number of methoxy groups -OCH3 is 1. The Morgan fingerprint density at radius 2 is 1.90 bits per heavy atom. The van der Waals surface area contributed by atoms with Crippen LogP contribution in [0.2, 0.25) is 0 Å². The number of sulfonamides is 1. The van der Waals surface area contributed by atoms with E-state index in [0.29, 0.717) is 12.8 Å².